The van der Waals surface area contributed by atoms with Crippen molar-refractivity contribution in [2.24, 2.45) is 18.9 Å². The van der Waals surface area contributed by atoms with E-state index in [0.29, 0.717) is 23.8 Å². The molecule has 1 heteroatoms. The smallest absolute Gasteiger partial charge is 0.198 e. The van der Waals surface area contributed by atoms with Crippen LogP contribution >= 0.6 is 0 Å². The van der Waals surface area contributed by atoms with Crippen LogP contribution in [0.1, 0.15) is 62.9 Å². The van der Waals surface area contributed by atoms with E-state index in [1.54, 1.807) is 0 Å². The molecule has 0 aliphatic carbocycles. The van der Waals surface area contributed by atoms with E-state index in [4.69, 9.17) is 1.37 Å². The lowest BCUT2D eigenvalue weighted by molar-refractivity contribution is -0.665. The number of nitrogens with zero attached hydrogens (tertiary/aromatic N) is 1. The van der Waals surface area contributed by atoms with Crippen LogP contribution < -0.4 is 4.57 Å². The second-order valence-electron chi connectivity index (χ2n) is 10.7. The highest BCUT2D eigenvalue weighted by atomic mass is 14.9. The maximum Gasteiger partial charge on any atom is 0.220 e. The average molecular weight is 452 g/mol. The molecular formula is C33H40N+. The molecule has 0 aliphatic rings. The van der Waals surface area contributed by atoms with Crippen LogP contribution in [0.5, 0.6) is 0 Å². The van der Waals surface area contributed by atoms with Crippen LogP contribution in [0.3, 0.4) is 0 Å². The van der Waals surface area contributed by atoms with Gasteiger partial charge in [0.25, 0.3) is 0 Å². The van der Waals surface area contributed by atoms with Gasteiger partial charge in [-0.25, -0.2) is 0 Å². The Morgan fingerprint density at radius 2 is 1.41 bits per heavy atom. The van der Waals surface area contributed by atoms with E-state index in [1.807, 2.05) is 0 Å². The van der Waals surface area contributed by atoms with E-state index in [0.717, 1.165) is 16.5 Å². The molecule has 4 rings (SSSR count). The highest BCUT2D eigenvalue weighted by molar-refractivity contribution is 5.94. The number of rotatable bonds is 5. The largest absolute Gasteiger partial charge is 0.220 e. The van der Waals surface area contributed by atoms with E-state index in [9.17, 15) is 0 Å². The summed E-state index contributed by atoms with van der Waals surface area (Å²) >= 11 is 0. The first-order chi connectivity index (χ1) is 16.5. The topological polar surface area (TPSA) is 3.88 Å². The van der Waals surface area contributed by atoms with E-state index in [2.05, 4.69) is 122 Å². The molecule has 0 unspecified atom stereocenters. The van der Waals surface area contributed by atoms with Gasteiger partial charge in [0.2, 0.25) is 5.69 Å². The number of hydrogen-bond donors (Lipinski definition) is 0. The Balaban J connectivity index is 1.94. The highest BCUT2D eigenvalue weighted by Gasteiger charge is 2.24. The average Bonchev–Trinajstić information content (AvgIpc) is 2.78. The van der Waals surface area contributed by atoms with Crippen molar-refractivity contribution in [2.75, 3.05) is 0 Å². The molecule has 0 N–H and O–H groups in total. The predicted molar refractivity (Wildman–Crippen MR) is 147 cm³/mol. The molecule has 0 fully saturated rings. The molecule has 0 saturated carbocycles. The molecule has 0 amide bonds. The van der Waals surface area contributed by atoms with Gasteiger partial charge in [-0.15, -0.1) is 0 Å². The summed E-state index contributed by atoms with van der Waals surface area (Å²) in [5.41, 5.74) is 11.2. The zero-order valence-electron chi connectivity index (χ0n) is 23.4. The summed E-state index contributed by atoms with van der Waals surface area (Å²) in [5.74, 6) is 1.60. The molecule has 1 aromatic heterocycles. The number of hydrogen-bond acceptors (Lipinski definition) is 0. The molecule has 1 heterocycles. The Morgan fingerprint density at radius 3 is 2.00 bits per heavy atom. The molecule has 0 bridgehead atoms. The quantitative estimate of drug-likeness (QED) is 0.267. The third kappa shape index (κ3) is 4.29. The Kier molecular flexibility index (Phi) is 6.30. The van der Waals surface area contributed by atoms with Crippen molar-refractivity contribution >= 4 is 10.8 Å². The first kappa shape index (κ1) is 22.8. The molecule has 0 spiro atoms. The number of benzene rings is 3. The standard InChI is InChI=1S/C33H40N/c1-20(2)31(21(3)4)27-14-16-30-28(19-27)18-25(8)34(9)33(30)29-15-13-26(17-24(29)7)32-22(5)11-10-12-23(32)6/h10-21,31H,1-9H3/q+1/i18D. The van der Waals surface area contributed by atoms with Crippen LogP contribution in [0, 0.1) is 39.5 Å². The summed E-state index contributed by atoms with van der Waals surface area (Å²) in [6, 6.07) is 20.8. The van der Waals surface area contributed by atoms with Crippen molar-refractivity contribution < 1.29 is 5.94 Å². The number of fused-ring (bicyclic) bond motifs is 1. The lowest BCUT2D eigenvalue weighted by Crippen LogP contribution is -2.35. The van der Waals surface area contributed by atoms with Crippen LogP contribution in [-0.4, -0.2) is 0 Å². The maximum absolute atomic E-state index is 8.97. The van der Waals surface area contributed by atoms with Gasteiger partial charge in [0.05, 0.1) is 6.76 Å². The van der Waals surface area contributed by atoms with E-state index < -0.39 is 0 Å². The second kappa shape index (κ2) is 9.37. The summed E-state index contributed by atoms with van der Waals surface area (Å²) in [4.78, 5) is 0. The van der Waals surface area contributed by atoms with Crippen LogP contribution in [0.25, 0.3) is 33.2 Å². The third-order valence-corrected chi connectivity index (χ3v) is 7.53. The van der Waals surface area contributed by atoms with Gasteiger partial charge < -0.3 is 0 Å². The predicted octanol–water partition coefficient (Wildman–Crippen LogP) is 8.63. The van der Waals surface area contributed by atoms with Gasteiger partial charge in [0, 0.05) is 18.5 Å². The molecule has 3 aromatic carbocycles. The van der Waals surface area contributed by atoms with Crippen molar-refractivity contribution in [1.29, 1.82) is 0 Å². The van der Waals surface area contributed by atoms with Gasteiger partial charge in [0.15, 0.2) is 5.69 Å². The molecule has 176 valence electrons. The minimum atomic E-state index is 0.481. The van der Waals surface area contributed by atoms with Gasteiger partial charge >= 0.3 is 0 Å². The fourth-order valence-corrected chi connectivity index (χ4v) is 5.93. The molecular weight excluding hydrogens is 410 g/mol. The van der Waals surface area contributed by atoms with Gasteiger partial charge in [-0.1, -0.05) is 70.2 Å². The zero-order chi connectivity index (χ0) is 25.6. The van der Waals surface area contributed by atoms with Gasteiger partial charge in [-0.05, 0) is 89.4 Å². The van der Waals surface area contributed by atoms with Crippen LogP contribution in [0.15, 0.2) is 60.6 Å². The summed E-state index contributed by atoms with van der Waals surface area (Å²) in [7, 11) is 2.10. The maximum atomic E-state index is 8.97. The van der Waals surface area contributed by atoms with E-state index >= 15 is 0 Å². The Morgan fingerprint density at radius 1 is 0.765 bits per heavy atom. The second-order valence-corrected chi connectivity index (χ2v) is 10.7. The van der Waals surface area contributed by atoms with Crippen molar-refractivity contribution in [3.05, 3.63) is 88.6 Å². The first-order valence-corrected chi connectivity index (χ1v) is 12.6. The molecule has 0 atom stereocenters. The minimum absolute atomic E-state index is 0.481. The van der Waals surface area contributed by atoms with Crippen molar-refractivity contribution in [2.45, 2.75) is 61.3 Å². The Bertz CT molecular complexity index is 1380. The molecule has 4 aromatic rings. The number of aryl methyl sites for hydroxylation is 3. The lowest BCUT2D eigenvalue weighted by Gasteiger charge is -2.25. The number of aromatic nitrogens is 1. The normalized spacial score (nSPS) is 12.3. The lowest BCUT2D eigenvalue weighted by atomic mass is 9.79. The molecule has 0 aliphatic heterocycles. The number of pyridine rings is 1. The van der Waals surface area contributed by atoms with E-state index in [1.165, 1.54) is 44.6 Å². The summed E-state index contributed by atoms with van der Waals surface area (Å²) in [5, 5.41) is 2.21. The molecule has 0 saturated heterocycles. The van der Waals surface area contributed by atoms with E-state index in [-0.39, 0.29) is 0 Å². The van der Waals surface area contributed by atoms with Crippen LogP contribution in [0.2, 0.25) is 0 Å². The monoisotopic (exact) mass is 451 g/mol. The third-order valence-electron chi connectivity index (χ3n) is 7.53. The summed E-state index contributed by atoms with van der Waals surface area (Å²) in [6.45, 7) is 17.9. The van der Waals surface area contributed by atoms with Gasteiger partial charge in [-0.2, -0.15) is 4.57 Å². The van der Waals surface area contributed by atoms with Crippen LogP contribution in [0.4, 0.5) is 0 Å². The minimum Gasteiger partial charge on any atom is -0.198 e. The zero-order valence-corrected chi connectivity index (χ0v) is 22.4. The first-order valence-electron chi connectivity index (χ1n) is 13.1. The summed E-state index contributed by atoms with van der Waals surface area (Å²) < 4.78 is 11.2. The molecule has 34 heavy (non-hydrogen) atoms. The highest BCUT2D eigenvalue weighted by Crippen LogP contribution is 2.37. The molecule has 0 radical (unpaired) electrons. The summed E-state index contributed by atoms with van der Waals surface area (Å²) in [6.07, 6.45) is 0. The van der Waals surface area contributed by atoms with Gasteiger partial charge in [0.1, 0.15) is 7.05 Å². The molecule has 1 nitrogen and oxygen atoms in total. The fraction of sp³-hybridized carbons (Fsp3) is 0.364. The Hall–Kier alpha value is -2.93. The van der Waals surface area contributed by atoms with Crippen molar-refractivity contribution in [3.63, 3.8) is 0 Å². The van der Waals surface area contributed by atoms with Crippen molar-refractivity contribution in [1.82, 2.24) is 0 Å². The van der Waals surface area contributed by atoms with Crippen LogP contribution in [-0.2, 0) is 7.05 Å². The van der Waals surface area contributed by atoms with Crippen molar-refractivity contribution in [3.8, 4) is 22.4 Å². The van der Waals surface area contributed by atoms with Gasteiger partial charge in [-0.3, -0.25) is 0 Å². The SMILES string of the molecule is [2H]c1c(C)[n+](C)c(-c2ccc(-c3c(C)cccc3C)cc2C)c2ccc(C(C(C)C)C(C)C)cc12. The fourth-order valence-electron chi connectivity index (χ4n) is 5.93. The Labute approximate surface area is 207 Å².